The smallest absolute Gasteiger partial charge is 0.191 e. The molecular weight excluding hydrogens is 419 g/mol. The maximum Gasteiger partial charge on any atom is 0.191 e. The number of aromatic nitrogens is 3. The van der Waals surface area contributed by atoms with Crippen LogP contribution in [0.15, 0.2) is 35.7 Å². The molecule has 2 heterocycles. The van der Waals surface area contributed by atoms with E-state index in [-0.39, 0.29) is 24.0 Å². The van der Waals surface area contributed by atoms with Crippen molar-refractivity contribution < 1.29 is 4.74 Å². The molecule has 0 atom stereocenters. The third kappa shape index (κ3) is 6.08. The van der Waals surface area contributed by atoms with Crippen molar-refractivity contribution in [3.8, 4) is 5.82 Å². The van der Waals surface area contributed by atoms with Gasteiger partial charge in [-0.15, -0.1) is 24.0 Å². The van der Waals surface area contributed by atoms with Crippen molar-refractivity contribution in [3.63, 3.8) is 0 Å². The normalized spacial score (nSPS) is 11.0. The van der Waals surface area contributed by atoms with Gasteiger partial charge in [-0.05, 0) is 25.5 Å². The summed E-state index contributed by atoms with van der Waals surface area (Å²) in [6, 6.07) is 4.01. The molecule has 0 radical (unpaired) electrons. The summed E-state index contributed by atoms with van der Waals surface area (Å²) in [5.41, 5.74) is 1.05. The summed E-state index contributed by atoms with van der Waals surface area (Å²) in [6.07, 6.45) is 5.51. The molecule has 0 spiro atoms. The molecule has 2 N–H and O–H groups in total. The Labute approximate surface area is 160 Å². The third-order valence-corrected chi connectivity index (χ3v) is 3.24. The van der Waals surface area contributed by atoms with E-state index in [1.165, 1.54) is 0 Å². The van der Waals surface area contributed by atoms with Gasteiger partial charge in [-0.2, -0.15) is 0 Å². The molecule has 0 fully saturated rings. The van der Waals surface area contributed by atoms with E-state index in [1.807, 2.05) is 42.9 Å². The zero-order valence-corrected chi connectivity index (χ0v) is 16.7. The quantitative estimate of drug-likeness (QED) is 0.295. The lowest BCUT2D eigenvalue weighted by Crippen LogP contribution is -2.38. The van der Waals surface area contributed by atoms with Crippen molar-refractivity contribution in [2.75, 3.05) is 26.8 Å². The summed E-state index contributed by atoms with van der Waals surface area (Å²) in [6.45, 7) is 6.74. The number of nitrogens with zero attached hydrogens (tertiary/aromatic N) is 4. The van der Waals surface area contributed by atoms with E-state index < -0.39 is 0 Å². The molecule has 132 valence electrons. The van der Waals surface area contributed by atoms with Crippen molar-refractivity contribution in [2.24, 2.45) is 4.99 Å². The van der Waals surface area contributed by atoms with Gasteiger partial charge in [0.15, 0.2) is 5.96 Å². The van der Waals surface area contributed by atoms with Crippen LogP contribution in [0.2, 0.25) is 0 Å². The Morgan fingerprint density at radius 1 is 1.29 bits per heavy atom. The number of guanidine groups is 1. The molecule has 0 aliphatic carbocycles. The fraction of sp³-hybridized carbons (Fsp3) is 0.438. The number of pyridine rings is 1. The van der Waals surface area contributed by atoms with Crippen LogP contribution in [0, 0.1) is 6.92 Å². The van der Waals surface area contributed by atoms with E-state index in [2.05, 4.69) is 25.6 Å². The van der Waals surface area contributed by atoms with Crippen molar-refractivity contribution in [1.29, 1.82) is 0 Å². The van der Waals surface area contributed by atoms with Gasteiger partial charge in [0.05, 0.1) is 13.2 Å². The summed E-state index contributed by atoms with van der Waals surface area (Å²) in [5.74, 6) is 2.55. The third-order valence-electron chi connectivity index (χ3n) is 3.24. The van der Waals surface area contributed by atoms with Crippen LogP contribution in [0.3, 0.4) is 0 Å². The zero-order valence-electron chi connectivity index (χ0n) is 14.3. The van der Waals surface area contributed by atoms with Crippen LogP contribution in [0.25, 0.3) is 5.82 Å². The molecule has 8 heteroatoms. The Hall–Kier alpha value is -1.68. The first kappa shape index (κ1) is 20.4. The van der Waals surface area contributed by atoms with Crippen LogP contribution in [-0.2, 0) is 11.3 Å². The van der Waals surface area contributed by atoms with E-state index in [0.29, 0.717) is 13.2 Å². The van der Waals surface area contributed by atoms with Crippen LogP contribution < -0.4 is 10.6 Å². The molecule has 0 aliphatic rings. The molecule has 0 unspecified atom stereocenters. The van der Waals surface area contributed by atoms with Crippen molar-refractivity contribution >= 4 is 29.9 Å². The number of halogens is 1. The van der Waals surface area contributed by atoms with Gasteiger partial charge in [0, 0.05) is 38.8 Å². The summed E-state index contributed by atoms with van der Waals surface area (Å²) in [5, 5.41) is 6.42. The second-order valence-electron chi connectivity index (χ2n) is 4.98. The number of rotatable bonds is 7. The molecule has 0 aromatic carbocycles. The number of aliphatic imine (C=N–C) groups is 1. The van der Waals surface area contributed by atoms with Crippen molar-refractivity contribution in [1.82, 2.24) is 25.2 Å². The average Bonchev–Trinajstić information content (AvgIpc) is 2.99. The highest BCUT2D eigenvalue weighted by Gasteiger charge is 2.02. The molecule has 0 amide bonds. The van der Waals surface area contributed by atoms with Crippen LogP contribution in [0.1, 0.15) is 18.3 Å². The number of aryl methyl sites for hydroxylation is 1. The minimum absolute atomic E-state index is 0. The van der Waals surface area contributed by atoms with Crippen LogP contribution in [-0.4, -0.2) is 47.3 Å². The predicted octanol–water partition coefficient (Wildman–Crippen LogP) is 1.90. The number of imidazole rings is 1. The van der Waals surface area contributed by atoms with Gasteiger partial charge in [-0.3, -0.25) is 4.57 Å². The number of ether oxygens (including phenoxy) is 1. The van der Waals surface area contributed by atoms with Gasteiger partial charge in [0.1, 0.15) is 11.6 Å². The molecule has 2 rings (SSSR count). The monoisotopic (exact) mass is 444 g/mol. The maximum absolute atomic E-state index is 5.03. The topological polar surface area (TPSA) is 76.4 Å². The summed E-state index contributed by atoms with van der Waals surface area (Å²) < 4.78 is 6.98. The molecule has 0 aliphatic heterocycles. The molecule has 24 heavy (non-hydrogen) atoms. The standard InChI is InChI=1S/C16H24N6O.HI/c1-4-17-16(19-8-10-23-3)21-12-14-5-6-15(20-11-14)22-9-7-18-13(22)2;/h5-7,9,11H,4,8,10,12H2,1-3H3,(H2,17,19,21);1H. The highest BCUT2D eigenvalue weighted by atomic mass is 127. The molecule has 0 saturated carbocycles. The highest BCUT2D eigenvalue weighted by Crippen LogP contribution is 2.08. The van der Waals surface area contributed by atoms with Crippen molar-refractivity contribution in [2.45, 2.75) is 20.4 Å². The largest absolute Gasteiger partial charge is 0.383 e. The van der Waals surface area contributed by atoms with Crippen LogP contribution >= 0.6 is 24.0 Å². The SMILES string of the molecule is CCNC(=NCc1ccc(-n2ccnc2C)nc1)NCCOC.I. The number of nitrogens with one attached hydrogen (secondary N) is 2. The van der Waals surface area contributed by atoms with Gasteiger partial charge in [-0.25, -0.2) is 15.0 Å². The minimum atomic E-state index is 0. The lowest BCUT2D eigenvalue weighted by atomic mass is 10.3. The van der Waals surface area contributed by atoms with Gasteiger partial charge in [0.2, 0.25) is 0 Å². The molecule has 2 aromatic heterocycles. The number of hydrogen-bond acceptors (Lipinski definition) is 4. The Balaban J connectivity index is 0.00000288. The lowest BCUT2D eigenvalue weighted by Gasteiger charge is -2.10. The molecule has 2 aromatic rings. The molecule has 0 bridgehead atoms. The molecular formula is C16H25IN6O. The van der Waals surface area contributed by atoms with Crippen LogP contribution in [0.4, 0.5) is 0 Å². The molecule has 0 saturated heterocycles. The maximum atomic E-state index is 5.03. The first-order valence-corrected chi connectivity index (χ1v) is 7.71. The van der Waals surface area contributed by atoms with Crippen LogP contribution in [0.5, 0.6) is 0 Å². The highest BCUT2D eigenvalue weighted by molar-refractivity contribution is 14.0. The fourth-order valence-electron chi connectivity index (χ4n) is 2.06. The Morgan fingerprint density at radius 3 is 2.71 bits per heavy atom. The molecule has 7 nitrogen and oxygen atoms in total. The zero-order chi connectivity index (χ0) is 16.5. The second kappa shape index (κ2) is 11.0. The first-order valence-electron chi connectivity index (χ1n) is 7.71. The van der Waals surface area contributed by atoms with Gasteiger partial charge >= 0.3 is 0 Å². The van der Waals surface area contributed by atoms with E-state index in [0.717, 1.165) is 36.3 Å². The van der Waals surface area contributed by atoms with E-state index in [1.54, 1.807) is 13.3 Å². The van der Waals surface area contributed by atoms with E-state index in [9.17, 15) is 0 Å². The summed E-state index contributed by atoms with van der Waals surface area (Å²) in [4.78, 5) is 13.2. The van der Waals surface area contributed by atoms with Gasteiger partial charge in [0.25, 0.3) is 0 Å². The van der Waals surface area contributed by atoms with Crippen molar-refractivity contribution in [3.05, 3.63) is 42.1 Å². The van der Waals surface area contributed by atoms with E-state index in [4.69, 9.17) is 4.74 Å². The predicted molar refractivity (Wildman–Crippen MR) is 106 cm³/mol. The summed E-state index contributed by atoms with van der Waals surface area (Å²) >= 11 is 0. The second-order valence-corrected chi connectivity index (χ2v) is 4.98. The Morgan fingerprint density at radius 2 is 2.12 bits per heavy atom. The lowest BCUT2D eigenvalue weighted by molar-refractivity contribution is 0.203. The number of hydrogen-bond donors (Lipinski definition) is 2. The minimum Gasteiger partial charge on any atom is -0.383 e. The Kier molecular flexibility index (Phi) is 9.31. The first-order chi connectivity index (χ1) is 11.2. The summed E-state index contributed by atoms with van der Waals surface area (Å²) in [7, 11) is 1.68. The van der Waals surface area contributed by atoms with E-state index >= 15 is 0 Å². The Bertz CT molecular complexity index is 626. The number of methoxy groups -OCH3 is 1. The fourth-order valence-corrected chi connectivity index (χ4v) is 2.06. The van der Waals surface area contributed by atoms with Gasteiger partial charge < -0.3 is 15.4 Å². The van der Waals surface area contributed by atoms with Gasteiger partial charge in [-0.1, -0.05) is 6.07 Å². The average molecular weight is 444 g/mol.